The van der Waals surface area contributed by atoms with Gasteiger partial charge in [0.25, 0.3) is 5.91 Å². The maximum absolute atomic E-state index is 12.2. The number of aromatic nitrogens is 1. The van der Waals surface area contributed by atoms with Crippen molar-refractivity contribution in [1.82, 2.24) is 9.88 Å². The number of halogens is 2. The van der Waals surface area contributed by atoms with Crippen molar-refractivity contribution in [3.8, 4) is 0 Å². The largest absolute Gasteiger partial charge is 0.464 e. The summed E-state index contributed by atoms with van der Waals surface area (Å²) in [4.78, 5) is 17.6. The Morgan fingerprint density at radius 3 is 2.63 bits per heavy atom. The van der Waals surface area contributed by atoms with Gasteiger partial charge in [0.05, 0.1) is 12.1 Å². The predicted octanol–water partition coefficient (Wildman–Crippen LogP) is 3.56. The first-order valence-corrected chi connectivity index (χ1v) is 6.36. The number of pyridine rings is 1. The summed E-state index contributed by atoms with van der Waals surface area (Å²) in [7, 11) is 1.67. The summed E-state index contributed by atoms with van der Waals surface area (Å²) in [5, 5.41) is 0.353. The van der Waals surface area contributed by atoms with Crippen molar-refractivity contribution in [2.24, 2.45) is 0 Å². The van der Waals surface area contributed by atoms with Crippen LogP contribution in [0.5, 0.6) is 0 Å². The van der Waals surface area contributed by atoms with Gasteiger partial charge in [-0.15, -0.1) is 0 Å². The molecule has 0 saturated carbocycles. The van der Waals surface area contributed by atoms with Crippen molar-refractivity contribution in [3.63, 3.8) is 0 Å². The van der Waals surface area contributed by atoms with E-state index in [-0.39, 0.29) is 16.2 Å². The Morgan fingerprint density at radius 1 is 1.32 bits per heavy atom. The first-order valence-electron chi connectivity index (χ1n) is 5.60. The molecule has 0 radical (unpaired) electrons. The third-order valence-electron chi connectivity index (χ3n) is 2.58. The minimum absolute atomic E-state index is 0.0972. The van der Waals surface area contributed by atoms with Crippen LogP contribution in [0.4, 0.5) is 0 Å². The van der Waals surface area contributed by atoms with Crippen LogP contribution >= 0.6 is 23.2 Å². The molecule has 2 rings (SSSR count). The molecule has 0 fully saturated rings. The van der Waals surface area contributed by atoms with Crippen LogP contribution in [0.15, 0.2) is 28.7 Å². The molecule has 0 saturated heterocycles. The van der Waals surface area contributed by atoms with Crippen LogP contribution < -0.4 is 0 Å². The zero-order chi connectivity index (χ0) is 14.0. The Balaban J connectivity index is 2.14. The molecule has 0 aliphatic carbocycles. The van der Waals surface area contributed by atoms with Crippen molar-refractivity contribution in [2.45, 2.75) is 13.5 Å². The molecule has 6 heteroatoms. The Labute approximate surface area is 120 Å². The zero-order valence-electron chi connectivity index (χ0n) is 10.5. The molecule has 0 aliphatic rings. The lowest BCUT2D eigenvalue weighted by molar-refractivity contribution is 0.0775. The number of amides is 1. The number of hydrogen-bond acceptors (Lipinski definition) is 3. The fraction of sp³-hybridized carbons (Fsp3) is 0.231. The number of carbonyl (C=O) groups is 1. The van der Waals surface area contributed by atoms with Gasteiger partial charge in [-0.2, -0.15) is 0 Å². The summed E-state index contributed by atoms with van der Waals surface area (Å²) in [6.45, 7) is 2.22. The molecule has 2 heterocycles. The lowest BCUT2D eigenvalue weighted by Gasteiger charge is -2.16. The highest BCUT2D eigenvalue weighted by Gasteiger charge is 2.17. The third-order valence-corrected chi connectivity index (χ3v) is 3.08. The van der Waals surface area contributed by atoms with Gasteiger partial charge in [0.2, 0.25) is 0 Å². The molecule has 0 unspecified atom stereocenters. The van der Waals surface area contributed by atoms with Crippen molar-refractivity contribution in [1.29, 1.82) is 0 Å². The summed E-state index contributed by atoms with van der Waals surface area (Å²) >= 11 is 11.6. The second-order valence-electron chi connectivity index (χ2n) is 4.15. The van der Waals surface area contributed by atoms with Crippen LogP contribution in [0.2, 0.25) is 10.3 Å². The van der Waals surface area contributed by atoms with Gasteiger partial charge in [-0.25, -0.2) is 4.98 Å². The van der Waals surface area contributed by atoms with Gasteiger partial charge in [0.15, 0.2) is 0 Å². The van der Waals surface area contributed by atoms with E-state index in [0.29, 0.717) is 17.9 Å². The van der Waals surface area contributed by atoms with E-state index in [4.69, 9.17) is 27.6 Å². The van der Waals surface area contributed by atoms with Crippen molar-refractivity contribution >= 4 is 29.1 Å². The molecular formula is C13H12Cl2N2O2. The van der Waals surface area contributed by atoms with E-state index in [0.717, 1.165) is 5.76 Å². The minimum atomic E-state index is -0.233. The zero-order valence-corrected chi connectivity index (χ0v) is 12.0. The second kappa shape index (κ2) is 5.63. The van der Waals surface area contributed by atoms with E-state index in [1.807, 2.05) is 19.1 Å². The first-order chi connectivity index (χ1) is 8.97. The fourth-order valence-corrected chi connectivity index (χ4v) is 2.08. The third kappa shape index (κ3) is 3.28. The first kappa shape index (κ1) is 13.9. The molecular weight excluding hydrogens is 287 g/mol. The van der Waals surface area contributed by atoms with Gasteiger partial charge in [-0.05, 0) is 31.2 Å². The van der Waals surface area contributed by atoms with E-state index in [2.05, 4.69) is 4.98 Å². The van der Waals surface area contributed by atoms with E-state index >= 15 is 0 Å². The minimum Gasteiger partial charge on any atom is -0.464 e. The molecule has 1 amide bonds. The molecule has 0 N–H and O–H groups in total. The van der Waals surface area contributed by atoms with Crippen LogP contribution in [0.1, 0.15) is 21.9 Å². The molecule has 0 atom stereocenters. The molecule has 100 valence electrons. The molecule has 4 nitrogen and oxygen atoms in total. The van der Waals surface area contributed by atoms with Crippen molar-refractivity contribution in [3.05, 3.63) is 51.7 Å². The Hall–Kier alpha value is -1.52. The van der Waals surface area contributed by atoms with E-state index in [1.165, 1.54) is 11.0 Å². The monoisotopic (exact) mass is 298 g/mol. The van der Waals surface area contributed by atoms with Crippen LogP contribution in [0.25, 0.3) is 0 Å². The van der Waals surface area contributed by atoms with Crippen molar-refractivity contribution < 1.29 is 9.21 Å². The molecule has 2 aromatic rings. The van der Waals surface area contributed by atoms with Gasteiger partial charge in [0.1, 0.15) is 21.8 Å². The van der Waals surface area contributed by atoms with Crippen LogP contribution in [-0.4, -0.2) is 22.8 Å². The average molecular weight is 299 g/mol. The summed E-state index contributed by atoms with van der Waals surface area (Å²) in [6.07, 6.45) is 0. The predicted molar refractivity (Wildman–Crippen MR) is 73.5 cm³/mol. The van der Waals surface area contributed by atoms with Crippen molar-refractivity contribution in [2.75, 3.05) is 7.05 Å². The average Bonchev–Trinajstić information content (AvgIpc) is 2.74. The Kier molecular flexibility index (Phi) is 4.12. The number of furan rings is 1. The van der Waals surface area contributed by atoms with Gasteiger partial charge >= 0.3 is 0 Å². The van der Waals surface area contributed by atoms with Gasteiger partial charge in [0, 0.05) is 7.05 Å². The molecule has 0 spiro atoms. The number of hydrogen-bond donors (Lipinski definition) is 0. The lowest BCUT2D eigenvalue weighted by atomic mass is 10.2. The Morgan fingerprint density at radius 2 is 2.05 bits per heavy atom. The SMILES string of the molecule is Cc1ccc(CN(C)C(=O)c2ccc(Cl)nc2Cl)o1. The van der Waals surface area contributed by atoms with Gasteiger partial charge in [-0.3, -0.25) is 4.79 Å². The lowest BCUT2D eigenvalue weighted by Crippen LogP contribution is -2.26. The van der Waals surface area contributed by atoms with Crippen LogP contribution in [0.3, 0.4) is 0 Å². The summed E-state index contributed by atoms with van der Waals surface area (Å²) < 4.78 is 5.43. The maximum Gasteiger partial charge on any atom is 0.257 e. The van der Waals surface area contributed by atoms with Gasteiger partial charge < -0.3 is 9.32 Å². The highest BCUT2D eigenvalue weighted by Crippen LogP contribution is 2.19. The van der Waals surface area contributed by atoms with E-state index in [1.54, 1.807) is 13.1 Å². The topological polar surface area (TPSA) is 46.3 Å². The number of rotatable bonds is 3. The number of aryl methyl sites for hydroxylation is 1. The Bertz CT molecular complexity index is 610. The molecule has 2 aromatic heterocycles. The quantitative estimate of drug-likeness (QED) is 0.814. The summed E-state index contributed by atoms with van der Waals surface area (Å²) in [5.74, 6) is 1.29. The van der Waals surface area contributed by atoms with Gasteiger partial charge in [-0.1, -0.05) is 23.2 Å². The second-order valence-corrected chi connectivity index (χ2v) is 4.89. The number of carbonyl (C=O) groups excluding carboxylic acids is 1. The molecule has 0 aliphatic heterocycles. The summed E-state index contributed by atoms with van der Waals surface area (Å²) in [5.41, 5.74) is 0.317. The normalized spacial score (nSPS) is 10.5. The van der Waals surface area contributed by atoms with E-state index < -0.39 is 0 Å². The standard InChI is InChI=1S/C13H12Cl2N2O2/c1-8-3-4-9(19-8)7-17(2)13(18)10-5-6-11(14)16-12(10)15/h3-6H,7H2,1-2H3. The van der Waals surface area contributed by atoms with Crippen LogP contribution in [-0.2, 0) is 6.54 Å². The molecule has 0 aromatic carbocycles. The molecule has 0 bridgehead atoms. The number of nitrogens with zero attached hydrogens (tertiary/aromatic N) is 2. The van der Waals surface area contributed by atoms with Crippen LogP contribution in [0, 0.1) is 6.92 Å². The smallest absolute Gasteiger partial charge is 0.257 e. The fourth-order valence-electron chi connectivity index (χ4n) is 1.65. The molecule has 19 heavy (non-hydrogen) atoms. The highest BCUT2D eigenvalue weighted by molar-refractivity contribution is 6.34. The van der Waals surface area contributed by atoms with E-state index in [9.17, 15) is 4.79 Å². The highest BCUT2D eigenvalue weighted by atomic mass is 35.5. The summed E-state index contributed by atoms with van der Waals surface area (Å²) in [6, 6.07) is 6.78. The maximum atomic E-state index is 12.2.